The zero-order valence-corrected chi connectivity index (χ0v) is 20.6. The number of anilines is 1. The summed E-state index contributed by atoms with van der Waals surface area (Å²) in [4.78, 5) is 53.3. The van der Waals surface area contributed by atoms with Crippen molar-refractivity contribution < 1.29 is 27.0 Å². The van der Waals surface area contributed by atoms with E-state index >= 15 is 0 Å². The molecule has 0 saturated carbocycles. The van der Waals surface area contributed by atoms with Gasteiger partial charge in [-0.3, -0.25) is 29.5 Å². The fourth-order valence-electron chi connectivity index (χ4n) is 5.57. The Bertz CT molecular complexity index is 1550. The van der Waals surface area contributed by atoms with Crippen LogP contribution in [0.2, 0.25) is 0 Å². The van der Waals surface area contributed by atoms with Gasteiger partial charge in [0.05, 0.1) is 5.69 Å². The van der Waals surface area contributed by atoms with Crippen LogP contribution in [0.25, 0.3) is 10.8 Å². The van der Waals surface area contributed by atoms with Crippen molar-refractivity contribution in [1.82, 2.24) is 15.1 Å². The molecule has 0 aromatic heterocycles. The van der Waals surface area contributed by atoms with Crippen LogP contribution in [-0.4, -0.2) is 70.9 Å². The van der Waals surface area contributed by atoms with Gasteiger partial charge in [-0.15, -0.1) is 0 Å². The fourth-order valence-corrected chi connectivity index (χ4v) is 5.57. The van der Waals surface area contributed by atoms with Crippen LogP contribution in [0.5, 0.6) is 0 Å². The topological polar surface area (TPSA) is 110 Å². The van der Waals surface area contributed by atoms with Crippen LogP contribution < -0.4 is 10.2 Å². The Balaban J connectivity index is 1.24. The third kappa shape index (κ3) is 4.28. The van der Waals surface area contributed by atoms with Crippen molar-refractivity contribution in [2.75, 3.05) is 31.1 Å². The number of carboxylic acid groups (broad SMARTS) is 1. The molecule has 2 fully saturated rings. The Hall–Kier alpha value is -4.24. The molecule has 3 aromatic rings. The molecule has 3 aliphatic heterocycles. The number of rotatable bonds is 5. The van der Waals surface area contributed by atoms with E-state index in [0.29, 0.717) is 36.3 Å². The van der Waals surface area contributed by atoms with Crippen molar-refractivity contribution in [2.24, 2.45) is 0 Å². The first-order valence-electron chi connectivity index (χ1n) is 13.7. The molecule has 9 heteroatoms. The maximum Gasteiger partial charge on any atom is 0.407 e. The smallest absolute Gasteiger partial charge is 0.407 e. The molecular formula is C29H28N4O5. The van der Waals surface area contributed by atoms with Gasteiger partial charge in [0.25, 0.3) is 5.91 Å². The highest BCUT2D eigenvalue weighted by Crippen LogP contribution is 2.41. The summed E-state index contributed by atoms with van der Waals surface area (Å²) < 4.78 is 17.4. The second-order valence-corrected chi connectivity index (χ2v) is 9.86. The maximum absolute atomic E-state index is 13.4. The third-order valence-corrected chi connectivity index (χ3v) is 7.53. The van der Waals surface area contributed by atoms with E-state index in [1.54, 1.807) is 23.1 Å². The molecule has 3 aromatic carbocycles. The first-order chi connectivity index (χ1) is 19.1. The van der Waals surface area contributed by atoms with Gasteiger partial charge >= 0.3 is 6.09 Å². The summed E-state index contributed by atoms with van der Waals surface area (Å²) in [5.41, 5.74) is 3.68. The summed E-state index contributed by atoms with van der Waals surface area (Å²) in [6, 6.07) is 16.0. The predicted octanol–water partition coefficient (Wildman–Crippen LogP) is 2.99. The summed E-state index contributed by atoms with van der Waals surface area (Å²) in [5.74, 6) is -1.04. The van der Waals surface area contributed by atoms with Crippen LogP contribution in [0.3, 0.4) is 0 Å². The number of piperidine rings is 1. The maximum atomic E-state index is 13.4. The van der Waals surface area contributed by atoms with Crippen molar-refractivity contribution in [3.8, 4) is 0 Å². The lowest BCUT2D eigenvalue weighted by molar-refractivity contribution is -0.134. The van der Waals surface area contributed by atoms with Crippen molar-refractivity contribution in [2.45, 2.75) is 31.8 Å². The van der Waals surface area contributed by atoms with Crippen molar-refractivity contribution in [1.29, 1.82) is 0 Å². The van der Waals surface area contributed by atoms with Crippen LogP contribution >= 0.6 is 0 Å². The van der Waals surface area contributed by atoms with Gasteiger partial charge in [0.2, 0.25) is 11.8 Å². The van der Waals surface area contributed by atoms with Crippen molar-refractivity contribution in [3.05, 3.63) is 76.9 Å². The van der Waals surface area contributed by atoms with Gasteiger partial charge in [0.1, 0.15) is 6.04 Å². The molecule has 9 nitrogen and oxygen atoms in total. The number of carbonyl (C=O) groups is 4. The molecule has 3 heterocycles. The highest BCUT2D eigenvalue weighted by molar-refractivity contribution is 6.27. The zero-order chi connectivity index (χ0) is 28.2. The van der Waals surface area contributed by atoms with Gasteiger partial charge in [-0.2, -0.15) is 0 Å². The number of piperazine rings is 1. The Kier molecular flexibility index (Phi) is 5.49. The minimum Gasteiger partial charge on any atom is -0.465 e. The Morgan fingerprint density at radius 2 is 1.71 bits per heavy atom. The highest BCUT2D eigenvalue weighted by atomic mass is 16.4. The number of nitrogens with zero attached hydrogens (tertiary/aromatic N) is 3. The van der Waals surface area contributed by atoms with Crippen molar-refractivity contribution in [3.63, 3.8) is 0 Å². The first-order valence-corrected chi connectivity index (χ1v) is 12.7. The Labute approximate surface area is 222 Å². The Morgan fingerprint density at radius 3 is 2.42 bits per heavy atom. The second-order valence-electron chi connectivity index (χ2n) is 9.86. The van der Waals surface area contributed by atoms with E-state index < -0.39 is 24.5 Å². The molecule has 3 aliphatic rings. The molecule has 38 heavy (non-hydrogen) atoms. The van der Waals surface area contributed by atoms with E-state index in [-0.39, 0.29) is 37.7 Å². The minimum absolute atomic E-state index is 0.185. The summed E-state index contributed by atoms with van der Waals surface area (Å²) in [7, 11) is 0. The number of hydrogen-bond acceptors (Lipinski definition) is 5. The van der Waals surface area contributed by atoms with E-state index in [2.05, 4.69) is 5.32 Å². The second kappa shape index (κ2) is 9.57. The van der Waals surface area contributed by atoms with Crippen LogP contribution in [-0.2, 0) is 22.5 Å². The van der Waals surface area contributed by atoms with E-state index in [4.69, 9.17) is 7.85 Å². The van der Waals surface area contributed by atoms with Crippen LogP contribution in [0.1, 0.15) is 42.6 Å². The molecule has 194 valence electrons. The van der Waals surface area contributed by atoms with Gasteiger partial charge in [0, 0.05) is 52.8 Å². The Morgan fingerprint density at radius 1 is 0.974 bits per heavy atom. The SMILES string of the molecule is [2H]C([2H])(c1ccc(Cc2ccc3c4c(cccc24)C(=O)N3C2CCC(=O)NC2=O)cc1)N1CCN(C(=O)O)CC1. The molecule has 1 atom stereocenters. The molecule has 2 N–H and O–H groups in total. The van der Waals surface area contributed by atoms with E-state index in [9.17, 15) is 19.2 Å². The molecule has 0 aliphatic carbocycles. The normalized spacial score (nSPS) is 20.9. The van der Waals surface area contributed by atoms with Crippen LogP contribution in [0, 0.1) is 0 Å². The molecule has 0 bridgehead atoms. The number of carbonyl (C=O) groups excluding carboxylic acids is 3. The van der Waals surface area contributed by atoms with Gasteiger partial charge < -0.3 is 10.0 Å². The number of nitrogens with one attached hydrogen (secondary N) is 1. The summed E-state index contributed by atoms with van der Waals surface area (Å²) in [6.07, 6.45) is 0.0426. The molecule has 1 unspecified atom stereocenters. The fraction of sp³-hybridized carbons (Fsp3) is 0.310. The zero-order valence-electron chi connectivity index (χ0n) is 22.6. The number of hydrogen-bond donors (Lipinski definition) is 2. The largest absolute Gasteiger partial charge is 0.465 e. The van der Waals surface area contributed by atoms with Gasteiger partial charge in [-0.1, -0.05) is 42.5 Å². The third-order valence-electron chi connectivity index (χ3n) is 7.53. The lowest BCUT2D eigenvalue weighted by Crippen LogP contribution is -2.53. The highest BCUT2D eigenvalue weighted by Gasteiger charge is 2.40. The standard InChI is InChI=1S/C29H28N4O5/c34-25-11-10-24(27(35)30-25)33-23-9-8-20(21-2-1-3-22(26(21)23)28(33)36)16-18-4-6-19(7-5-18)17-31-12-14-32(15-13-31)29(37)38/h1-9,24H,10-17H2,(H,37,38)(H,30,34,35)/i17D2. The van der Waals surface area contributed by atoms with E-state index in [1.165, 1.54) is 9.80 Å². The van der Waals surface area contributed by atoms with Crippen molar-refractivity contribution >= 4 is 40.3 Å². The lowest BCUT2D eigenvalue weighted by Gasteiger charge is -2.33. The number of amides is 4. The van der Waals surface area contributed by atoms with Crippen LogP contribution in [0.15, 0.2) is 54.6 Å². The average Bonchev–Trinajstić information content (AvgIpc) is 3.23. The molecule has 6 rings (SSSR count). The van der Waals surface area contributed by atoms with Gasteiger partial charge in [-0.05, 0) is 47.1 Å². The molecule has 0 radical (unpaired) electrons. The molecular weight excluding hydrogens is 484 g/mol. The monoisotopic (exact) mass is 514 g/mol. The van der Waals surface area contributed by atoms with E-state index in [1.807, 2.05) is 36.4 Å². The predicted molar refractivity (Wildman–Crippen MR) is 141 cm³/mol. The number of benzene rings is 3. The van der Waals surface area contributed by atoms with Gasteiger partial charge in [-0.25, -0.2) is 4.79 Å². The lowest BCUT2D eigenvalue weighted by atomic mass is 9.95. The molecule has 0 spiro atoms. The summed E-state index contributed by atoms with van der Waals surface area (Å²) in [6.45, 7) is -0.569. The summed E-state index contributed by atoms with van der Waals surface area (Å²) in [5, 5.41) is 13.2. The minimum atomic E-state index is -1.73. The number of imide groups is 1. The summed E-state index contributed by atoms with van der Waals surface area (Å²) >= 11 is 0. The molecule has 2 saturated heterocycles. The van der Waals surface area contributed by atoms with Crippen LogP contribution in [0.4, 0.5) is 10.5 Å². The van der Waals surface area contributed by atoms with E-state index in [0.717, 1.165) is 21.9 Å². The quantitative estimate of drug-likeness (QED) is 0.507. The van der Waals surface area contributed by atoms with Gasteiger partial charge in [0.15, 0.2) is 0 Å². The average molecular weight is 515 g/mol. The molecule has 4 amide bonds. The first kappa shape index (κ1) is 21.8.